The number of halogens is 6. The summed E-state index contributed by atoms with van der Waals surface area (Å²) in [7, 11) is 0. The molecule has 2 aromatic carbocycles. The Hall–Kier alpha value is -2.40. The number of benzene rings is 2. The Morgan fingerprint density at radius 3 is 1.77 bits per heavy atom. The summed E-state index contributed by atoms with van der Waals surface area (Å²) < 4.78 is -2.19. The van der Waals surface area contributed by atoms with Gasteiger partial charge < -0.3 is 0 Å². The molecule has 1 aliphatic heterocycles. The van der Waals surface area contributed by atoms with E-state index < -0.39 is 60.9 Å². The van der Waals surface area contributed by atoms with Crippen molar-refractivity contribution in [2.75, 3.05) is 6.54 Å². The van der Waals surface area contributed by atoms with Crippen molar-refractivity contribution in [2.45, 2.75) is 21.0 Å². The third-order valence-electron chi connectivity index (χ3n) is 7.35. The van der Waals surface area contributed by atoms with Crippen molar-refractivity contribution >= 4 is 98.8 Å². The zero-order valence-electron chi connectivity index (χ0n) is 20.0. The number of alkyl halides is 4. The van der Waals surface area contributed by atoms with Crippen molar-refractivity contribution in [1.82, 2.24) is 10.0 Å². The average Bonchev–Trinajstić information content (AvgIpc) is 3.30. The largest absolute Gasteiger partial charge is 0.292 e. The van der Waals surface area contributed by atoms with E-state index in [-0.39, 0.29) is 26.9 Å². The Balaban J connectivity index is 1.59. The molecular formula is C25H15Cl6N3O6. The molecule has 1 saturated heterocycles. The van der Waals surface area contributed by atoms with E-state index in [4.69, 9.17) is 69.6 Å². The van der Waals surface area contributed by atoms with Gasteiger partial charge in [0.25, 0.3) is 23.4 Å². The lowest BCUT2D eigenvalue weighted by Crippen LogP contribution is -2.56. The SMILES string of the molecule is Cc1ccc(C(=O)CN(C(=O)c2ccc([N+](=O)[O-])cc2)N2C(=O)[C@@H]3[C@H](C2=O)[C@@]2(Cl)C(Cl)=C(Cl)[C@@]3(Cl)C2(Cl)Cl)cc1. The summed E-state index contributed by atoms with van der Waals surface area (Å²) in [6.07, 6.45) is 0. The zero-order valence-corrected chi connectivity index (χ0v) is 24.6. The summed E-state index contributed by atoms with van der Waals surface area (Å²) in [6.45, 7) is 1.05. The molecule has 2 fully saturated rings. The van der Waals surface area contributed by atoms with Gasteiger partial charge >= 0.3 is 0 Å². The number of amides is 3. The maximum atomic E-state index is 13.9. The maximum absolute atomic E-state index is 13.9. The third-order valence-corrected chi connectivity index (χ3v) is 11.6. The molecule has 0 spiro atoms. The highest BCUT2D eigenvalue weighted by Crippen LogP contribution is 2.77. The van der Waals surface area contributed by atoms with Crippen molar-refractivity contribution in [2.24, 2.45) is 11.8 Å². The van der Waals surface area contributed by atoms with Gasteiger partial charge in [0.05, 0.1) is 26.8 Å². The van der Waals surface area contributed by atoms with Crippen LogP contribution < -0.4 is 0 Å². The molecule has 9 nitrogen and oxygen atoms in total. The minimum Gasteiger partial charge on any atom is -0.292 e. The van der Waals surface area contributed by atoms with Gasteiger partial charge in [0, 0.05) is 23.3 Å². The van der Waals surface area contributed by atoms with Crippen LogP contribution in [0.2, 0.25) is 0 Å². The van der Waals surface area contributed by atoms with Crippen LogP contribution in [-0.4, -0.2) is 59.1 Å². The topological polar surface area (TPSA) is 118 Å². The molecule has 2 bridgehead atoms. The molecule has 3 aliphatic rings. The number of hydrazine groups is 1. The fourth-order valence-electron chi connectivity index (χ4n) is 5.29. The van der Waals surface area contributed by atoms with Crippen molar-refractivity contribution < 1.29 is 24.1 Å². The second-order valence-electron chi connectivity index (χ2n) is 9.53. The fraction of sp³-hybridized carbons (Fsp3) is 0.280. The Bertz CT molecular complexity index is 1500. The summed E-state index contributed by atoms with van der Waals surface area (Å²) in [6, 6.07) is 10.8. The lowest BCUT2D eigenvalue weighted by Gasteiger charge is -2.36. The first-order valence-corrected chi connectivity index (χ1v) is 13.7. The lowest BCUT2D eigenvalue weighted by atomic mass is 9.84. The van der Waals surface area contributed by atoms with Gasteiger partial charge in [-0.3, -0.25) is 29.3 Å². The van der Waals surface area contributed by atoms with Crippen LogP contribution in [0.15, 0.2) is 58.6 Å². The van der Waals surface area contributed by atoms with Crippen LogP contribution in [0.1, 0.15) is 26.3 Å². The number of hydrogen-bond donors (Lipinski definition) is 0. The highest BCUT2D eigenvalue weighted by atomic mass is 35.5. The number of aryl methyl sites for hydroxylation is 1. The summed E-state index contributed by atoms with van der Waals surface area (Å²) in [5, 5.41) is 11.6. The first-order valence-electron chi connectivity index (χ1n) is 11.5. The Kier molecular flexibility index (Phi) is 6.97. The predicted octanol–water partition coefficient (Wildman–Crippen LogP) is 5.59. The number of ketones is 1. The summed E-state index contributed by atoms with van der Waals surface area (Å²) >= 11 is 39.2. The number of hydrogen-bond acceptors (Lipinski definition) is 6. The second-order valence-corrected chi connectivity index (χ2v) is 12.8. The molecule has 3 amide bonds. The van der Waals surface area contributed by atoms with Crippen molar-refractivity contribution in [3.05, 3.63) is 85.4 Å². The van der Waals surface area contributed by atoms with Crippen LogP contribution in [0.3, 0.4) is 0 Å². The molecule has 0 radical (unpaired) electrons. The minimum absolute atomic E-state index is 0.151. The van der Waals surface area contributed by atoms with Crippen LogP contribution in [-0.2, 0) is 9.59 Å². The summed E-state index contributed by atoms with van der Waals surface area (Å²) in [4.78, 5) is 60.9. The standard InChI is InChI=1S/C25H15Cl6N3O6/c1-11-2-4-12(5-3-11)15(35)10-32(20(36)13-6-8-14(9-7-13)34(39)40)33-21(37)16-17(22(33)38)24(29)19(27)18(26)23(16,28)25(24,30)31/h2-9,16-17H,10H2,1H3/t16-,17+,23-,24-/m1/s1. The van der Waals surface area contributed by atoms with Gasteiger partial charge in [0.15, 0.2) is 10.1 Å². The van der Waals surface area contributed by atoms with E-state index in [1.54, 1.807) is 12.1 Å². The van der Waals surface area contributed by atoms with E-state index in [9.17, 15) is 29.3 Å². The molecule has 40 heavy (non-hydrogen) atoms. The molecule has 2 aromatic rings. The van der Waals surface area contributed by atoms with E-state index in [2.05, 4.69) is 0 Å². The summed E-state index contributed by atoms with van der Waals surface area (Å²) in [5.41, 5.74) is 0.613. The fourth-order valence-corrected chi connectivity index (χ4v) is 8.22. The van der Waals surface area contributed by atoms with E-state index in [1.165, 1.54) is 12.1 Å². The number of carbonyl (C=O) groups is 4. The second kappa shape index (κ2) is 9.58. The molecule has 4 atom stereocenters. The Labute approximate surface area is 256 Å². The van der Waals surface area contributed by atoms with Crippen molar-refractivity contribution in [1.29, 1.82) is 0 Å². The van der Waals surface area contributed by atoms with Crippen molar-refractivity contribution in [3.63, 3.8) is 0 Å². The first kappa shape index (κ1) is 29.1. The van der Waals surface area contributed by atoms with Gasteiger partial charge in [-0.05, 0) is 19.1 Å². The number of nitro groups is 1. The van der Waals surface area contributed by atoms with Gasteiger partial charge in [-0.2, -0.15) is 5.01 Å². The van der Waals surface area contributed by atoms with Crippen LogP contribution in [0, 0.1) is 28.9 Å². The smallest absolute Gasteiger partial charge is 0.273 e. The predicted molar refractivity (Wildman–Crippen MR) is 149 cm³/mol. The molecule has 0 aromatic heterocycles. The molecule has 208 valence electrons. The molecule has 0 unspecified atom stereocenters. The lowest BCUT2D eigenvalue weighted by molar-refractivity contribution is -0.384. The number of non-ortho nitro benzene ring substituents is 1. The van der Waals surface area contributed by atoms with E-state index in [1.807, 2.05) is 6.92 Å². The Morgan fingerprint density at radius 2 is 1.32 bits per heavy atom. The van der Waals surface area contributed by atoms with Gasteiger partial charge in [0.1, 0.15) is 16.3 Å². The highest BCUT2D eigenvalue weighted by Gasteiger charge is 2.88. The minimum atomic E-state index is -2.19. The van der Waals surface area contributed by atoms with Crippen LogP contribution in [0.5, 0.6) is 0 Å². The van der Waals surface area contributed by atoms with Crippen LogP contribution >= 0.6 is 69.6 Å². The normalized spacial score (nSPS) is 28.2. The number of rotatable bonds is 6. The molecule has 5 rings (SSSR count). The van der Waals surface area contributed by atoms with Gasteiger partial charge in [-0.15, -0.1) is 23.2 Å². The van der Waals surface area contributed by atoms with Crippen molar-refractivity contribution in [3.8, 4) is 0 Å². The third kappa shape index (κ3) is 3.68. The molecule has 1 heterocycles. The number of Topliss-reactive ketones (excluding diaryl/α,β-unsaturated/α-hetero) is 1. The first-order chi connectivity index (χ1) is 18.6. The monoisotopic (exact) mass is 663 g/mol. The number of nitrogens with zero attached hydrogens (tertiary/aromatic N) is 3. The molecule has 2 aliphatic carbocycles. The number of allylic oxidation sites excluding steroid dienone is 2. The maximum Gasteiger partial charge on any atom is 0.273 e. The zero-order chi connectivity index (χ0) is 29.5. The number of carbonyl (C=O) groups excluding carboxylic acids is 4. The van der Waals surface area contributed by atoms with Crippen LogP contribution in [0.4, 0.5) is 5.69 Å². The molecular weight excluding hydrogens is 651 g/mol. The molecule has 0 N–H and O–H groups in total. The van der Waals surface area contributed by atoms with E-state index in [0.717, 1.165) is 29.8 Å². The average molecular weight is 666 g/mol. The van der Waals surface area contributed by atoms with Gasteiger partial charge in [-0.25, -0.2) is 5.01 Å². The molecule has 1 saturated carbocycles. The van der Waals surface area contributed by atoms with E-state index in [0.29, 0.717) is 10.0 Å². The quantitative estimate of drug-likeness (QED) is 0.131. The molecule has 15 heteroatoms. The van der Waals surface area contributed by atoms with E-state index >= 15 is 0 Å². The van der Waals surface area contributed by atoms with Gasteiger partial charge in [0.2, 0.25) is 0 Å². The highest BCUT2D eigenvalue weighted by molar-refractivity contribution is 6.66. The Morgan fingerprint density at radius 1 is 0.875 bits per heavy atom. The number of imide groups is 1. The van der Waals surface area contributed by atoms with Gasteiger partial charge in [-0.1, -0.05) is 76.2 Å². The number of fused-ring (bicyclic) bond motifs is 5. The number of nitro benzene ring substituents is 1. The van der Waals surface area contributed by atoms with Crippen LogP contribution in [0.25, 0.3) is 0 Å². The summed E-state index contributed by atoms with van der Waals surface area (Å²) in [5.74, 6) is -6.74.